The van der Waals surface area contributed by atoms with Crippen LogP contribution in [0.3, 0.4) is 0 Å². The summed E-state index contributed by atoms with van der Waals surface area (Å²) in [4.78, 5) is 17.1. The lowest BCUT2D eigenvalue weighted by Crippen LogP contribution is -2.31. The van der Waals surface area contributed by atoms with Gasteiger partial charge >= 0.3 is 5.97 Å². The van der Waals surface area contributed by atoms with Gasteiger partial charge in [-0.1, -0.05) is 32.9 Å². The Morgan fingerprint density at radius 1 is 1.44 bits per heavy atom. The predicted octanol–water partition coefficient (Wildman–Crippen LogP) is 1.74. The summed E-state index contributed by atoms with van der Waals surface area (Å²) in [5, 5.41) is 12.8. The molecule has 18 heavy (non-hydrogen) atoms. The molecule has 1 heterocycles. The van der Waals surface area contributed by atoms with Crippen molar-refractivity contribution in [3.63, 3.8) is 0 Å². The Labute approximate surface area is 107 Å². The molecule has 0 bridgehead atoms. The number of hydrogen-bond donors (Lipinski definition) is 1. The minimum Gasteiger partial charge on any atom is -0.481 e. The molecule has 6 nitrogen and oxygen atoms in total. The van der Waals surface area contributed by atoms with Gasteiger partial charge in [-0.3, -0.25) is 9.69 Å². The van der Waals surface area contributed by atoms with Gasteiger partial charge in [0.25, 0.3) is 0 Å². The molecule has 0 aliphatic heterocycles. The molecule has 0 amide bonds. The molecule has 0 aliphatic carbocycles. The van der Waals surface area contributed by atoms with Crippen molar-refractivity contribution >= 4 is 5.97 Å². The average molecular weight is 255 g/mol. The van der Waals surface area contributed by atoms with Crippen LogP contribution in [0.15, 0.2) is 4.52 Å². The second-order valence-corrected chi connectivity index (χ2v) is 4.77. The first-order valence-electron chi connectivity index (χ1n) is 6.21. The number of nitrogens with zero attached hydrogens (tertiary/aromatic N) is 3. The number of rotatable bonds is 7. The highest BCUT2D eigenvalue weighted by Crippen LogP contribution is 2.11. The summed E-state index contributed by atoms with van der Waals surface area (Å²) in [7, 11) is 0. The van der Waals surface area contributed by atoms with Gasteiger partial charge in [-0.25, -0.2) is 0 Å². The summed E-state index contributed by atoms with van der Waals surface area (Å²) >= 11 is 0. The van der Waals surface area contributed by atoms with E-state index in [9.17, 15) is 4.79 Å². The van der Waals surface area contributed by atoms with E-state index in [2.05, 4.69) is 10.1 Å². The number of aliphatic carboxylic acids is 1. The third-order valence-corrected chi connectivity index (χ3v) is 2.76. The SMILES string of the molecule is CCN(Cc1nc(C(C)C)no1)CC(C)C(=O)O. The van der Waals surface area contributed by atoms with Crippen LogP contribution in [0.4, 0.5) is 0 Å². The molecule has 0 aliphatic rings. The van der Waals surface area contributed by atoms with E-state index in [4.69, 9.17) is 9.63 Å². The molecule has 102 valence electrons. The van der Waals surface area contributed by atoms with E-state index >= 15 is 0 Å². The molecule has 0 saturated carbocycles. The van der Waals surface area contributed by atoms with E-state index in [1.165, 1.54) is 0 Å². The average Bonchev–Trinajstić information content (AvgIpc) is 2.76. The van der Waals surface area contributed by atoms with Gasteiger partial charge in [-0.05, 0) is 6.54 Å². The molecule has 1 N–H and O–H groups in total. The highest BCUT2D eigenvalue weighted by Gasteiger charge is 2.18. The van der Waals surface area contributed by atoms with Gasteiger partial charge < -0.3 is 9.63 Å². The summed E-state index contributed by atoms with van der Waals surface area (Å²) in [6.45, 7) is 9.39. The third-order valence-electron chi connectivity index (χ3n) is 2.76. The molecule has 0 saturated heterocycles. The number of carboxylic acids is 1. The zero-order valence-corrected chi connectivity index (χ0v) is 11.4. The second kappa shape index (κ2) is 6.49. The number of carbonyl (C=O) groups is 1. The summed E-state index contributed by atoms with van der Waals surface area (Å²) in [5.41, 5.74) is 0. The van der Waals surface area contributed by atoms with Gasteiger partial charge in [0.2, 0.25) is 5.89 Å². The fourth-order valence-electron chi connectivity index (χ4n) is 1.53. The molecule has 6 heteroatoms. The highest BCUT2D eigenvalue weighted by molar-refractivity contribution is 5.69. The largest absolute Gasteiger partial charge is 0.481 e. The van der Waals surface area contributed by atoms with Crippen LogP contribution < -0.4 is 0 Å². The van der Waals surface area contributed by atoms with Gasteiger partial charge in [-0.2, -0.15) is 4.98 Å². The van der Waals surface area contributed by atoms with Crippen molar-refractivity contribution in [1.82, 2.24) is 15.0 Å². The smallest absolute Gasteiger partial charge is 0.307 e. The maximum absolute atomic E-state index is 10.8. The quantitative estimate of drug-likeness (QED) is 0.799. The summed E-state index contributed by atoms with van der Waals surface area (Å²) in [6.07, 6.45) is 0. The van der Waals surface area contributed by atoms with Crippen molar-refractivity contribution in [2.45, 2.75) is 40.2 Å². The van der Waals surface area contributed by atoms with Crippen molar-refractivity contribution in [3.05, 3.63) is 11.7 Å². The molecule has 1 aromatic heterocycles. The normalized spacial score (nSPS) is 13.2. The van der Waals surface area contributed by atoms with Crippen LogP contribution in [0.1, 0.15) is 45.3 Å². The lowest BCUT2D eigenvalue weighted by Gasteiger charge is -2.20. The van der Waals surface area contributed by atoms with Gasteiger partial charge in [0.15, 0.2) is 5.82 Å². The zero-order chi connectivity index (χ0) is 13.7. The van der Waals surface area contributed by atoms with Gasteiger partial charge in [-0.15, -0.1) is 0 Å². The van der Waals surface area contributed by atoms with E-state index in [1.54, 1.807) is 6.92 Å². The molecular weight excluding hydrogens is 234 g/mol. The van der Waals surface area contributed by atoms with Crippen LogP contribution >= 0.6 is 0 Å². The van der Waals surface area contributed by atoms with Crippen LogP contribution in [0.2, 0.25) is 0 Å². The van der Waals surface area contributed by atoms with E-state index in [0.717, 1.165) is 6.54 Å². The van der Waals surface area contributed by atoms with Crippen molar-refractivity contribution < 1.29 is 14.4 Å². The van der Waals surface area contributed by atoms with Crippen LogP contribution in [0.5, 0.6) is 0 Å². The fourth-order valence-corrected chi connectivity index (χ4v) is 1.53. The van der Waals surface area contributed by atoms with Crippen LogP contribution in [0.25, 0.3) is 0 Å². The first kappa shape index (κ1) is 14.6. The molecule has 0 fully saturated rings. The minimum absolute atomic E-state index is 0.232. The number of aromatic nitrogens is 2. The van der Waals surface area contributed by atoms with Crippen LogP contribution in [-0.2, 0) is 11.3 Å². The standard InChI is InChI=1S/C12H21N3O3/c1-5-15(6-9(4)12(16)17)7-10-13-11(8(2)3)14-18-10/h8-9H,5-7H2,1-4H3,(H,16,17). The molecule has 1 unspecified atom stereocenters. The van der Waals surface area contributed by atoms with Crippen molar-refractivity contribution in [3.8, 4) is 0 Å². The first-order valence-corrected chi connectivity index (χ1v) is 6.21. The molecule has 0 aromatic carbocycles. The van der Waals surface area contributed by atoms with Gasteiger partial charge in [0.1, 0.15) is 0 Å². The first-order chi connectivity index (χ1) is 8.43. The predicted molar refractivity (Wildman–Crippen MR) is 66.1 cm³/mol. The topological polar surface area (TPSA) is 79.5 Å². The van der Waals surface area contributed by atoms with E-state index in [-0.39, 0.29) is 5.92 Å². The summed E-state index contributed by atoms with van der Waals surface area (Å²) < 4.78 is 5.15. The Kier molecular flexibility index (Phi) is 5.27. The Morgan fingerprint density at radius 2 is 2.11 bits per heavy atom. The zero-order valence-electron chi connectivity index (χ0n) is 11.4. The third kappa shape index (κ3) is 4.10. The Morgan fingerprint density at radius 3 is 2.56 bits per heavy atom. The molecule has 0 radical (unpaired) electrons. The van der Waals surface area contributed by atoms with Crippen molar-refractivity contribution in [2.75, 3.05) is 13.1 Å². The van der Waals surface area contributed by atoms with Crippen molar-refractivity contribution in [2.24, 2.45) is 5.92 Å². The molecule has 1 rings (SSSR count). The monoisotopic (exact) mass is 255 g/mol. The van der Waals surface area contributed by atoms with Gasteiger partial charge in [0.05, 0.1) is 12.5 Å². The van der Waals surface area contributed by atoms with Gasteiger partial charge in [0, 0.05) is 12.5 Å². The summed E-state index contributed by atoms with van der Waals surface area (Å²) in [5.74, 6) is 0.264. The van der Waals surface area contributed by atoms with E-state index in [1.807, 2.05) is 25.7 Å². The van der Waals surface area contributed by atoms with E-state index in [0.29, 0.717) is 24.8 Å². The lowest BCUT2D eigenvalue weighted by atomic mass is 10.1. The molecule has 0 spiro atoms. The Bertz CT molecular complexity index is 390. The summed E-state index contributed by atoms with van der Waals surface area (Å²) in [6, 6.07) is 0. The molecule has 1 aromatic rings. The highest BCUT2D eigenvalue weighted by atomic mass is 16.5. The lowest BCUT2D eigenvalue weighted by molar-refractivity contribution is -0.141. The van der Waals surface area contributed by atoms with E-state index < -0.39 is 11.9 Å². The minimum atomic E-state index is -0.790. The van der Waals surface area contributed by atoms with Crippen molar-refractivity contribution in [1.29, 1.82) is 0 Å². The maximum Gasteiger partial charge on any atom is 0.307 e. The van der Waals surface area contributed by atoms with Crippen LogP contribution in [0, 0.1) is 5.92 Å². The number of hydrogen-bond acceptors (Lipinski definition) is 5. The fraction of sp³-hybridized carbons (Fsp3) is 0.750. The second-order valence-electron chi connectivity index (χ2n) is 4.77. The Balaban J connectivity index is 2.59. The maximum atomic E-state index is 10.8. The van der Waals surface area contributed by atoms with Crippen LogP contribution in [-0.4, -0.2) is 39.2 Å². The Hall–Kier alpha value is -1.43. The molecular formula is C12H21N3O3. The molecule has 1 atom stereocenters. The number of carboxylic acid groups (broad SMARTS) is 1.